The van der Waals surface area contributed by atoms with Gasteiger partial charge < -0.3 is 9.64 Å². The molecule has 0 aromatic carbocycles. The summed E-state index contributed by atoms with van der Waals surface area (Å²) in [5.74, 6) is 0.747. The third-order valence-electron chi connectivity index (χ3n) is 4.16. The zero-order chi connectivity index (χ0) is 16.7. The number of ether oxygens (including phenoxy) is 1. The number of hydrogen-bond donors (Lipinski definition) is 0. The van der Waals surface area contributed by atoms with Gasteiger partial charge in [0.1, 0.15) is 5.56 Å². The molecule has 1 unspecified atom stereocenters. The minimum Gasteiger partial charge on any atom is -0.476 e. The molecule has 0 saturated heterocycles. The van der Waals surface area contributed by atoms with E-state index in [1.807, 2.05) is 13.8 Å². The molecule has 1 aromatic heterocycles. The zero-order valence-corrected chi connectivity index (χ0v) is 14.3. The number of carbonyl (C=O) groups excluding carboxylic acids is 1. The lowest BCUT2D eigenvalue weighted by Crippen LogP contribution is -2.31. The number of hydrogen-bond acceptors (Lipinski definition) is 3. The molecule has 0 radical (unpaired) electrons. The molecule has 1 aromatic rings. The van der Waals surface area contributed by atoms with Crippen molar-refractivity contribution >= 4 is 5.91 Å². The first-order valence-electron chi connectivity index (χ1n) is 8.43. The molecule has 1 aliphatic rings. The lowest BCUT2D eigenvalue weighted by molar-refractivity contribution is 0.0767. The van der Waals surface area contributed by atoms with Crippen molar-refractivity contribution in [1.29, 1.82) is 0 Å². The van der Waals surface area contributed by atoms with E-state index in [4.69, 9.17) is 4.74 Å². The Balaban J connectivity index is 2.03. The van der Waals surface area contributed by atoms with E-state index in [1.165, 1.54) is 5.57 Å². The molecule has 0 aliphatic heterocycles. The smallest absolute Gasteiger partial charge is 0.259 e. The van der Waals surface area contributed by atoms with Gasteiger partial charge in [0.25, 0.3) is 5.91 Å². The Morgan fingerprint density at radius 3 is 2.74 bits per heavy atom. The van der Waals surface area contributed by atoms with Crippen LogP contribution in [0.3, 0.4) is 0 Å². The molecule has 2 rings (SSSR count). The third-order valence-corrected chi connectivity index (χ3v) is 4.16. The van der Waals surface area contributed by atoms with Gasteiger partial charge in [0.05, 0.1) is 6.61 Å². The van der Waals surface area contributed by atoms with Crippen molar-refractivity contribution in [2.24, 2.45) is 5.92 Å². The van der Waals surface area contributed by atoms with Gasteiger partial charge in [-0.05, 0) is 38.8 Å². The van der Waals surface area contributed by atoms with Gasteiger partial charge in [-0.1, -0.05) is 30.7 Å². The SMILES string of the molecule is CCC1=CCC(COc2ncccc2C(=O)N(CC)CC)C=C1. The first-order chi connectivity index (χ1) is 11.2. The summed E-state index contributed by atoms with van der Waals surface area (Å²) in [6.45, 7) is 8.01. The summed E-state index contributed by atoms with van der Waals surface area (Å²) in [6.07, 6.45) is 10.3. The van der Waals surface area contributed by atoms with Crippen LogP contribution in [0.4, 0.5) is 0 Å². The second-order valence-electron chi connectivity index (χ2n) is 5.63. The fraction of sp³-hybridized carbons (Fsp3) is 0.474. The van der Waals surface area contributed by atoms with Crippen LogP contribution in [0, 0.1) is 5.92 Å². The van der Waals surface area contributed by atoms with E-state index >= 15 is 0 Å². The van der Waals surface area contributed by atoms with Gasteiger partial charge in [0, 0.05) is 25.2 Å². The van der Waals surface area contributed by atoms with Gasteiger partial charge in [0.15, 0.2) is 0 Å². The first kappa shape index (κ1) is 17.3. The molecular weight excluding hydrogens is 288 g/mol. The normalized spacial score (nSPS) is 16.8. The lowest BCUT2D eigenvalue weighted by Gasteiger charge is -2.21. The number of nitrogens with zero attached hydrogens (tertiary/aromatic N) is 2. The van der Waals surface area contributed by atoms with Crippen molar-refractivity contribution < 1.29 is 9.53 Å². The van der Waals surface area contributed by atoms with Crippen LogP contribution in [0.5, 0.6) is 5.88 Å². The van der Waals surface area contributed by atoms with Gasteiger partial charge in [-0.2, -0.15) is 0 Å². The van der Waals surface area contributed by atoms with Crippen LogP contribution < -0.4 is 4.74 Å². The molecule has 1 amide bonds. The zero-order valence-electron chi connectivity index (χ0n) is 14.3. The summed E-state index contributed by atoms with van der Waals surface area (Å²) in [7, 11) is 0. The van der Waals surface area contributed by atoms with Gasteiger partial charge in [0.2, 0.25) is 5.88 Å². The monoisotopic (exact) mass is 314 g/mol. The van der Waals surface area contributed by atoms with E-state index < -0.39 is 0 Å². The molecule has 4 heteroatoms. The summed E-state index contributed by atoms with van der Waals surface area (Å²) in [6, 6.07) is 3.56. The highest BCUT2D eigenvalue weighted by Crippen LogP contribution is 2.21. The van der Waals surface area contributed by atoms with Crippen LogP contribution in [0.25, 0.3) is 0 Å². The molecule has 1 heterocycles. The molecule has 0 spiro atoms. The number of allylic oxidation sites excluding steroid dienone is 3. The number of aromatic nitrogens is 1. The number of pyridine rings is 1. The van der Waals surface area contributed by atoms with E-state index in [1.54, 1.807) is 23.2 Å². The topological polar surface area (TPSA) is 42.4 Å². The fourth-order valence-electron chi connectivity index (χ4n) is 2.63. The summed E-state index contributed by atoms with van der Waals surface area (Å²) in [4.78, 5) is 18.6. The minimum absolute atomic E-state index is 0.0227. The molecule has 1 aliphatic carbocycles. The van der Waals surface area contributed by atoms with Crippen molar-refractivity contribution in [1.82, 2.24) is 9.88 Å². The average molecular weight is 314 g/mol. The van der Waals surface area contributed by atoms with Crippen molar-refractivity contribution in [3.63, 3.8) is 0 Å². The maximum Gasteiger partial charge on any atom is 0.259 e. The maximum absolute atomic E-state index is 12.5. The Morgan fingerprint density at radius 1 is 1.35 bits per heavy atom. The molecule has 0 N–H and O–H groups in total. The molecule has 124 valence electrons. The fourth-order valence-corrected chi connectivity index (χ4v) is 2.63. The quantitative estimate of drug-likeness (QED) is 0.767. The number of carbonyl (C=O) groups is 1. The van der Waals surface area contributed by atoms with Crippen molar-refractivity contribution in [2.45, 2.75) is 33.6 Å². The Hall–Kier alpha value is -2.10. The van der Waals surface area contributed by atoms with Gasteiger partial charge in [-0.15, -0.1) is 0 Å². The first-order valence-corrected chi connectivity index (χ1v) is 8.43. The standard InChI is InChI=1S/C19H26N2O2/c1-4-15-9-11-16(12-10-15)14-23-18-17(8-7-13-20-18)19(22)21(5-2)6-3/h7-11,13,16H,4-6,12,14H2,1-3H3. The van der Waals surface area contributed by atoms with Crippen LogP contribution in [0.15, 0.2) is 42.1 Å². The Bertz CT molecular complexity index is 589. The maximum atomic E-state index is 12.5. The molecule has 23 heavy (non-hydrogen) atoms. The van der Waals surface area contributed by atoms with Crippen LogP contribution >= 0.6 is 0 Å². The molecule has 1 atom stereocenters. The predicted molar refractivity (Wildman–Crippen MR) is 92.6 cm³/mol. The molecular formula is C19H26N2O2. The van der Waals surface area contributed by atoms with Crippen LogP contribution in [-0.4, -0.2) is 35.5 Å². The van der Waals surface area contributed by atoms with Crippen LogP contribution in [-0.2, 0) is 0 Å². The molecule has 4 nitrogen and oxygen atoms in total. The van der Waals surface area contributed by atoms with Crippen molar-refractivity contribution in [3.8, 4) is 5.88 Å². The van der Waals surface area contributed by atoms with E-state index in [2.05, 4.69) is 30.1 Å². The Morgan fingerprint density at radius 2 is 2.13 bits per heavy atom. The Kier molecular flexibility index (Phi) is 6.39. The highest BCUT2D eigenvalue weighted by atomic mass is 16.5. The van der Waals surface area contributed by atoms with Gasteiger partial charge >= 0.3 is 0 Å². The second kappa shape index (κ2) is 8.51. The Labute approximate surface area is 138 Å². The lowest BCUT2D eigenvalue weighted by atomic mass is 9.96. The van der Waals surface area contributed by atoms with Gasteiger partial charge in [-0.3, -0.25) is 4.79 Å². The molecule has 0 fully saturated rings. The summed E-state index contributed by atoms with van der Waals surface area (Å²) in [5.41, 5.74) is 1.91. The van der Waals surface area contributed by atoms with Crippen LogP contribution in [0.1, 0.15) is 44.0 Å². The van der Waals surface area contributed by atoms with Crippen molar-refractivity contribution in [3.05, 3.63) is 47.7 Å². The number of amides is 1. The second-order valence-corrected chi connectivity index (χ2v) is 5.63. The van der Waals surface area contributed by atoms with Crippen molar-refractivity contribution in [2.75, 3.05) is 19.7 Å². The number of rotatable bonds is 7. The largest absolute Gasteiger partial charge is 0.476 e. The predicted octanol–water partition coefficient (Wildman–Crippen LogP) is 3.85. The van der Waals surface area contributed by atoms with E-state index in [0.717, 1.165) is 12.8 Å². The highest BCUT2D eigenvalue weighted by Gasteiger charge is 2.19. The summed E-state index contributed by atoms with van der Waals surface area (Å²) in [5, 5.41) is 0. The van der Waals surface area contributed by atoms with E-state index in [0.29, 0.717) is 37.1 Å². The molecule has 0 saturated carbocycles. The third kappa shape index (κ3) is 4.44. The molecule has 0 bridgehead atoms. The van der Waals surface area contributed by atoms with Crippen LogP contribution in [0.2, 0.25) is 0 Å². The summed E-state index contributed by atoms with van der Waals surface area (Å²) >= 11 is 0. The highest BCUT2D eigenvalue weighted by molar-refractivity contribution is 5.96. The van der Waals surface area contributed by atoms with Gasteiger partial charge in [-0.25, -0.2) is 4.98 Å². The summed E-state index contributed by atoms with van der Waals surface area (Å²) < 4.78 is 5.87. The van der Waals surface area contributed by atoms with E-state index in [9.17, 15) is 4.79 Å². The van der Waals surface area contributed by atoms with E-state index in [-0.39, 0.29) is 5.91 Å². The average Bonchev–Trinajstić information content (AvgIpc) is 2.61. The minimum atomic E-state index is -0.0227.